The maximum atomic E-state index is 12.7. The number of benzene rings is 1. The van der Waals surface area contributed by atoms with E-state index in [-0.39, 0.29) is 24.8 Å². The Hall–Kier alpha value is -2.60. The lowest BCUT2D eigenvalue weighted by Crippen LogP contribution is -2.44. The highest BCUT2D eigenvalue weighted by Gasteiger charge is 2.43. The Labute approximate surface area is 143 Å². The van der Waals surface area contributed by atoms with Crippen LogP contribution in [0.15, 0.2) is 47.1 Å². The number of amides is 3. The molecule has 3 rings (SSSR count). The Kier molecular flexibility index (Phi) is 4.40. The summed E-state index contributed by atoms with van der Waals surface area (Å²) in [5.41, 5.74) is 0.443. The molecular weight excluding hydrogens is 332 g/mol. The topological polar surface area (TPSA) is 70.8 Å². The van der Waals surface area contributed by atoms with Gasteiger partial charge in [-0.25, -0.2) is 4.90 Å². The maximum absolute atomic E-state index is 12.7. The van der Waals surface area contributed by atoms with Gasteiger partial charge in [-0.15, -0.1) is 0 Å². The first-order valence-corrected chi connectivity index (χ1v) is 7.77. The minimum absolute atomic E-state index is 0.0538. The number of carbonyl (C=O) groups is 3. The number of anilines is 1. The SMILES string of the molecule is CC(=O)N(Cc1ccco1)[C@H]1CC(=O)N(c2ccc(Cl)cc2)C1=O. The minimum atomic E-state index is -0.837. The Morgan fingerprint density at radius 2 is 2.00 bits per heavy atom. The van der Waals surface area contributed by atoms with Crippen LogP contribution in [0.25, 0.3) is 0 Å². The monoisotopic (exact) mass is 346 g/mol. The summed E-state index contributed by atoms with van der Waals surface area (Å²) in [6.07, 6.45) is 1.44. The second-order valence-corrected chi connectivity index (χ2v) is 5.93. The summed E-state index contributed by atoms with van der Waals surface area (Å²) in [6.45, 7) is 1.51. The van der Waals surface area contributed by atoms with E-state index < -0.39 is 11.9 Å². The van der Waals surface area contributed by atoms with Crippen molar-refractivity contribution in [1.29, 1.82) is 0 Å². The molecule has 6 nitrogen and oxygen atoms in total. The van der Waals surface area contributed by atoms with Gasteiger partial charge in [0.25, 0.3) is 5.91 Å². The maximum Gasteiger partial charge on any atom is 0.257 e. The average molecular weight is 347 g/mol. The third kappa shape index (κ3) is 3.05. The van der Waals surface area contributed by atoms with E-state index >= 15 is 0 Å². The Bertz CT molecular complexity index is 770. The highest BCUT2D eigenvalue weighted by atomic mass is 35.5. The van der Waals surface area contributed by atoms with Crippen molar-refractivity contribution in [2.24, 2.45) is 0 Å². The van der Waals surface area contributed by atoms with Gasteiger partial charge in [-0.1, -0.05) is 11.6 Å². The van der Waals surface area contributed by atoms with E-state index in [9.17, 15) is 14.4 Å². The molecule has 0 spiro atoms. The van der Waals surface area contributed by atoms with Gasteiger partial charge in [-0.3, -0.25) is 14.4 Å². The number of imide groups is 1. The Balaban J connectivity index is 1.86. The molecule has 1 saturated heterocycles. The third-order valence-corrected chi connectivity index (χ3v) is 4.15. The first-order valence-electron chi connectivity index (χ1n) is 7.39. The van der Waals surface area contributed by atoms with Crippen LogP contribution in [0, 0.1) is 0 Å². The van der Waals surface area contributed by atoms with Gasteiger partial charge in [0.2, 0.25) is 11.8 Å². The van der Waals surface area contributed by atoms with Gasteiger partial charge < -0.3 is 9.32 Å². The van der Waals surface area contributed by atoms with Gasteiger partial charge in [-0.2, -0.15) is 0 Å². The zero-order valence-corrected chi connectivity index (χ0v) is 13.7. The highest BCUT2D eigenvalue weighted by molar-refractivity contribution is 6.30. The van der Waals surface area contributed by atoms with Crippen molar-refractivity contribution >= 4 is 35.0 Å². The number of furan rings is 1. The molecule has 0 bridgehead atoms. The average Bonchev–Trinajstić information content (AvgIpc) is 3.14. The van der Waals surface area contributed by atoms with Gasteiger partial charge in [0.05, 0.1) is 24.9 Å². The van der Waals surface area contributed by atoms with Crippen molar-refractivity contribution in [3.63, 3.8) is 0 Å². The number of carbonyl (C=O) groups excluding carboxylic acids is 3. The van der Waals surface area contributed by atoms with Crippen LogP contribution in [-0.4, -0.2) is 28.7 Å². The van der Waals surface area contributed by atoms with Gasteiger partial charge in [0, 0.05) is 11.9 Å². The minimum Gasteiger partial charge on any atom is -0.467 e. The molecule has 0 aliphatic carbocycles. The predicted octanol–water partition coefficient (Wildman–Crippen LogP) is 2.61. The highest BCUT2D eigenvalue weighted by Crippen LogP contribution is 2.27. The first-order chi connectivity index (χ1) is 11.5. The van der Waals surface area contributed by atoms with Crippen molar-refractivity contribution in [2.75, 3.05) is 4.90 Å². The van der Waals surface area contributed by atoms with Gasteiger partial charge in [0.1, 0.15) is 11.8 Å². The molecule has 1 aromatic heterocycles. The summed E-state index contributed by atoms with van der Waals surface area (Å²) in [4.78, 5) is 39.5. The van der Waals surface area contributed by atoms with Crippen LogP contribution in [0.2, 0.25) is 5.02 Å². The van der Waals surface area contributed by atoms with Crippen molar-refractivity contribution in [2.45, 2.75) is 25.9 Å². The number of hydrogen-bond acceptors (Lipinski definition) is 4. The molecule has 1 aliphatic rings. The standard InChI is InChI=1S/C17H15ClN2O4/c1-11(21)19(10-14-3-2-8-24-14)15-9-16(22)20(17(15)23)13-6-4-12(18)5-7-13/h2-8,15H,9-10H2,1H3/t15-/m0/s1. The lowest BCUT2D eigenvalue weighted by molar-refractivity contribution is -0.137. The van der Waals surface area contributed by atoms with Crippen LogP contribution in [0.4, 0.5) is 5.69 Å². The summed E-state index contributed by atoms with van der Waals surface area (Å²) in [7, 11) is 0. The van der Waals surface area contributed by atoms with E-state index in [1.807, 2.05) is 0 Å². The van der Waals surface area contributed by atoms with E-state index in [1.54, 1.807) is 36.4 Å². The molecule has 2 heterocycles. The van der Waals surface area contributed by atoms with Crippen LogP contribution in [0.3, 0.4) is 0 Å². The lowest BCUT2D eigenvalue weighted by Gasteiger charge is -2.25. The Morgan fingerprint density at radius 3 is 2.58 bits per heavy atom. The molecule has 1 aromatic carbocycles. The smallest absolute Gasteiger partial charge is 0.257 e. The van der Waals surface area contributed by atoms with Gasteiger partial charge in [-0.05, 0) is 36.4 Å². The quantitative estimate of drug-likeness (QED) is 0.798. The van der Waals surface area contributed by atoms with Crippen molar-refractivity contribution < 1.29 is 18.8 Å². The van der Waals surface area contributed by atoms with E-state index in [2.05, 4.69) is 0 Å². The van der Waals surface area contributed by atoms with Crippen molar-refractivity contribution in [1.82, 2.24) is 4.90 Å². The third-order valence-electron chi connectivity index (χ3n) is 3.89. The molecule has 24 heavy (non-hydrogen) atoms. The number of hydrogen-bond donors (Lipinski definition) is 0. The summed E-state index contributed by atoms with van der Waals surface area (Å²) in [5, 5.41) is 0.512. The summed E-state index contributed by atoms with van der Waals surface area (Å²) >= 11 is 5.84. The molecule has 124 valence electrons. The summed E-state index contributed by atoms with van der Waals surface area (Å²) in [6, 6.07) is 9.00. The number of halogens is 1. The second kappa shape index (κ2) is 6.49. The fraction of sp³-hybridized carbons (Fsp3) is 0.235. The zero-order chi connectivity index (χ0) is 17.3. The molecule has 1 fully saturated rings. The normalized spacial score (nSPS) is 17.4. The van der Waals surface area contributed by atoms with Crippen LogP contribution in [-0.2, 0) is 20.9 Å². The molecule has 1 aliphatic heterocycles. The van der Waals surface area contributed by atoms with Crippen LogP contribution >= 0.6 is 11.6 Å². The molecule has 7 heteroatoms. The molecule has 0 radical (unpaired) electrons. The van der Waals surface area contributed by atoms with E-state index in [1.165, 1.54) is 18.1 Å². The molecule has 1 atom stereocenters. The van der Waals surface area contributed by atoms with Crippen LogP contribution in [0.5, 0.6) is 0 Å². The van der Waals surface area contributed by atoms with Gasteiger partial charge >= 0.3 is 0 Å². The lowest BCUT2D eigenvalue weighted by atomic mass is 10.2. The largest absolute Gasteiger partial charge is 0.467 e. The van der Waals surface area contributed by atoms with E-state index in [0.717, 1.165) is 4.90 Å². The van der Waals surface area contributed by atoms with E-state index in [4.69, 9.17) is 16.0 Å². The number of nitrogens with zero attached hydrogens (tertiary/aromatic N) is 2. The molecule has 0 unspecified atom stereocenters. The second-order valence-electron chi connectivity index (χ2n) is 5.49. The fourth-order valence-corrected chi connectivity index (χ4v) is 2.86. The van der Waals surface area contributed by atoms with Crippen LogP contribution in [0.1, 0.15) is 19.1 Å². The molecule has 0 N–H and O–H groups in total. The molecule has 3 amide bonds. The number of rotatable bonds is 4. The first kappa shape index (κ1) is 16.3. The van der Waals surface area contributed by atoms with Crippen molar-refractivity contribution in [3.05, 3.63) is 53.4 Å². The molecule has 0 saturated carbocycles. The van der Waals surface area contributed by atoms with Crippen LogP contribution < -0.4 is 4.90 Å². The van der Waals surface area contributed by atoms with E-state index in [0.29, 0.717) is 16.5 Å². The molecular formula is C17H15ClN2O4. The predicted molar refractivity (Wildman–Crippen MR) is 87.3 cm³/mol. The fourth-order valence-electron chi connectivity index (χ4n) is 2.73. The zero-order valence-electron chi connectivity index (χ0n) is 12.9. The molecule has 2 aromatic rings. The van der Waals surface area contributed by atoms with Gasteiger partial charge in [0.15, 0.2) is 0 Å². The van der Waals surface area contributed by atoms with Crippen molar-refractivity contribution in [3.8, 4) is 0 Å². The summed E-state index contributed by atoms with van der Waals surface area (Å²) < 4.78 is 5.24. The Morgan fingerprint density at radius 1 is 1.29 bits per heavy atom. The summed E-state index contributed by atoms with van der Waals surface area (Å²) in [5.74, 6) is -0.520.